The summed E-state index contributed by atoms with van der Waals surface area (Å²) in [4.78, 5) is 44.6. The van der Waals surface area contributed by atoms with Crippen LogP contribution in [-0.2, 0) is 25.5 Å². The van der Waals surface area contributed by atoms with Crippen LogP contribution in [0.15, 0.2) is 36.7 Å². The van der Waals surface area contributed by atoms with Crippen LogP contribution in [0.25, 0.3) is 0 Å². The minimum absolute atomic E-state index is 0.0477. The molecule has 14 N–H and O–H groups in total. The van der Waals surface area contributed by atoms with Gasteiger partial charge in [0.1, 0.15) is 24.5 Å². The fourth-order valence-corrected chi connectivity index (χ4v) is 19.3. The molecule has 0 bridgehead atoms. The van der Waals surface area contributed by atoms with Gasteiger partial charge in [-0.3, -0.25) is 9.59 Å². The molecule has 75 heavy (non-hydrogen) atoms. The molecule has 2 aromatic rings. The number of carboxylic acid groups (broad SMARTS) is 1. The molecule has 10 rings (SSSR count). The Morgan fingerprint density at radius 2 is 1.59 bits per heavy atom. The summed E-state index contributed by atoms with van der Waals surface area (Å²) in [7, 11) is 0. The molecule has 6 aliphatic carbocycles. The van der Waals surface area contributed by atoms with Crippen LogP contribution >= 0.6 is 0 Å². The highest BCUT2D eigenvalue weighted by Gasteiger charge is 2.77. The summed E-state index contributed by atoms with van der Waals surface area (Å²) < 4.78 is 12.7. The Bertz CT molecular complexity index is 2400. The van der Waals surface area contributed by atoms with Crippen molar-refractivity contribution in [1.82, 2.24) is 25.3 Å². The van der Waals surface area contributed by atoms with E-state index in [1.807, 2.05) is 13.8 Å². The Morgan fingerprint density at radius 1 is 0.867 bits per heavy atom. The zero-order valence-corrected chi connectivity index (χ0v) is 44.5. The van der Waals surface area contributed by atoms with Gasteiger partial charge in [-0.25, -0.2) is 9.97 Å². The van der Waals surface area contributed by atoms with Crippen molar-refractivity contribution in [3.05, 3.63) is 48.1 Å². The maximum Gasteiger partial charge on any atom is 0.310 e. The average molecular weight is 1050 g/mol. The van der Waals surface area contributed by atoms with Crippen LogP contribution in [0, 0.1) is 79.3 Å². The number of nitrogens with zero attached hydrogens (tertiary/aromatic N) is 2. The van der Waals surface area contributed by atoms with Gasteiger partial charge in [-0.05, 0) is 134 Å². The molecular weight excluding hydrogens is 965 g/mol. The van der Waals surface area contributed by atoms with E-state index in [-0.39, 0.29) is 55.8 Å². The molecule has 22 atom stereocenters. The SMILES string of the molecule is C[C@]1(CO)CC[C@@]2(C(=O)O)[C@@H](C1)C1=CC[C@@H]3[C@@]4(C)[C@H](C[C@H]5[C@H]([C@H](CC[C@@H](N)O)c6cnc[nH]6)NC(=O)C56CCCC6)[C@@H](O)[C@@H](O[C@@H]5OC[C@@H](O)[C@H](O)[C@H]5O)[C@@](C)(CO)[C@H]4CC[C@@]3(C)[C@]1(C)[C@@H](Cc1cnc[nH]1)[C@@H]2CO. The Hall–Kier alpha value is -3.34. The first-order valence-electron chi connectivity index (χ1n) is 28.0. The standard InChI is InChI=1S/C56H86N6O13/c1-50(25-64)16-17-56(49(72)73)35(20-50)31-9-10-40-52(3,54(31,5)32(36(56)23-63)18-29-21-58-27-60-29)15-12-39-51(2,26-65)46(75-47-45(70)44(69)38(66)24-74-47)43(68)34(53(39,40)4)19-33-42(62-48(71)55(33)13-6-7-14-55)30(8-11-41(57)67)37-22-59-28-61-37/h9,21-22,27-28,30,32-36,38-47,63-70H,6-8,10-20,23-26,57H2,1-5H3,(H,58,60)(H,59,61)(H,62,71)(H,72,73)/t30-,32+,33+,34-,35+,36+,38-,39-,40+,41+,42+,43-,44+,45-,46-,47+,50+,51+,52-,53+,54+,56-/m1/s1. The number of carbonyl (C=O) groups excluding carboxylic acids is 1. The topological polar surface area (TPSA) is 330 Å². The summed E-state index contributed by atoms with van der Waals surface area (Å²) in [6, 6.07) is -0.473. The Balaban J connectivity index is 1.17. The van der Waals surface area contributed by atoms with Crippen molar-refractivity contribution in [2.24, 2.45) is 85.1 Å². The van der Waals surface area contributed by atoms with Crippen LogP contribution < -0.4 is 11.1 Å². The number of rotatable bonds is 15. The molecule has 7 fully saturated rings. The van der Waals surface area contributed by atoms with E-state index in [0.29, 0.717) is 70.6 Å². The highest BCUT2D eigenvalue weighted by Crippen LogP contribution is 2.79. The number of ether oxygens (including phenoxy) is 2. The van der Waals surface area contributed by atoms with Crippen LogP contribution in [0.2, 0.25) is 0 Å². The van der Waals surface area contributed by atoms with Gasteiger partial charge in [-0.1, -0.05) is 59.1 Å². The smallest absolute Gasteiger partial charge is 0.310 e. The number of hydrogen-bond acceptors (Lipinski definition) is 15. The van der Waals surface area contributed by atoms with Gasteiger partial charge in [-0.2, -0.15) is 0 Å². The summed E-state index contributed by atoms with van der Waals surface area (Å²) in [6.45, 7) is 9.60. The number of allylic oxidation sites excluding steroid dienone is 2. The molecule has 0 unspecified atom stereocenters. The summed E-state index contributed by atoms with van der Waals surface area (Å²) in [6.07, 6.45) is 6.54. The van der Waals surface area contributed by atoms with E-state index in [9.17, 15) is 55.5 Å². The molecule has 1 spiro atoms. The summed E-state index contributed by atoms with van der Waals surface area (Å²) in [5, 5.41) is 107. The highest BCUT2D eigenvalue weighted by molar-refractivity contribution is 5.86. The summed E-state index contributed by atoms with van der Waals surface area (Å²) in [5.41, 5.74) is 2.52. The fraction of sp³-hybridized carbons (Fsp3) is 0.821. The van der Waals surface area contributed by atoms with Gasteiger partial charge in [0.05, 0.1) is 48.9 Å². The Labute approximate surface area is 439 Å². The minimum atomic E-state index is -1.68. The first kappa shape index (κ1) is 55.0. The lowest BCUT2D eigenvalue weighted by Crippen LogP contribution is -2.74. The molecule has 19 heteroatoms. The van der Waals surface area contributed by atoms with E-state index in [1.54, 1.807) is 25.0 Å². The average Bonchev–Trinajstić information content (AvgIpc) is 4.24. The number of imidazole rings is 2. The molecule has 1 amide bonds. The lowest BCUT2D eigenvalue weighted by Gasteiger charge is -2.75. The van der Waals surface area contributed by atoms with E-state index in [0.717, 1.165) is 29.8 Å². The molecule has 8 aliphatic rings. The van der Waals surface area contributed by atoms with E-state index in [4.69, 9.17) is 15.2 Å². The van der Waals surface area contributed by atoms with Gasteiger partial charge in [0, 0.05) is 60.3 Å². The number of fused-ring (bicyclic) bond motifs is 7. The van der Waals surface area contributed by atoms with Crippen molar-refractivity contribution in [2.45, 2.75) is 180 Å². The van der Waals surface area contributed by atoms with Crippen molar-refractivity contribution in [2.75, 3.05) is 26.4 Å². The third-order valence-electron chi connectivity index (χ3n) is 23.3. The van der Waals surface area contributed by atoms with Gasteiger partial charge >= 0.3 is 5.97 Å². The lowest BCUT2D eigenvalue weighted by molar-refractivity contribution is -0.341. The van der Waals surface area contributed by atoms with E-state index < -0.39 is 123 Å². The molecule has 0 radical (unpaired) electrons. The number of amides is 1. The second kappa shape index (κ2) is 19.8. The number of hydrogen-bond donors (Lipinski definition) is 13. The number of aliphatic hydroxyl groups is 8. The van der Waals surface area contributed by atoms with Gasteiger partial charge in [0.15, 0.2) is 6.29 Å². The lowest BCUT2D eigenvalue weighted by atomic mass is 9.29. The van der Waals surface area contributed by atoms with Crippen molar-refractivity contribution in [3.63, 3.8) is 0 Å². The maximum absolute atomic E-state index is 14.9. The molecule has 2 saturated heterocycles. The van der Waals surface area contributed by atoms with E-state index in [1.165, 1.54) is 0 Å². The zero-order chi connectivity index (χ0) is 53.8. The maximum atomic E-state index is 14.9. The van der Waals surface area contributed by atoms with Crippen molar-refractivity contribution in [1.29, 1.82) is 0 Å². The number of aliphatic carboxylic acids is 1. The van der Waals surface area contributed by atoms with Gasteiger partial charge in [-0.15, -0.1) is 0 Å². The molecule has 418 valence electrons. The molecular formula is C56H86N6O13. The number of carboxylic acids is 1. The summed E-state index contributed by atoms with van der Waals surface area (Å²) >= 11 is 0. The molecule has 2 aliphatic heterocycles. The molecule has 5 saturated carbocycles. The quantitative estimate of drug-likeness (QED) is 0.0693. The number of aliphatic hydroxyl groups excluding tert-OH is 8. The van der Waals surface area contributed by atoms with Crippen LogP contribution in [0.3, 0.4) is 0 Å². The van der Waals surface area contributed by atoms with Crippen LogP contribution in [-0.4, -0.2) is 153 Å². The Kier molecular flexibility index (Phi) is 14.5. The largest absolute Gasteiger partial charge is 0.481 e. The van der Waals surface area contributed by atoms with Crippen molar-refractivity contribution in [3.8, 4) is 0 Å². The number of carbonyl (C=O) groups is 2. The van der Waals surface area contributed by atoms with E-state index in [2.05, 4.69) is 52.1 Å². The van der Waals surface area contributed by atoms with E-state index >= 15 is 0 Å². The van der Waals surface area contributed by atoms with Gasteiger partial charge < -0.3 is 76.5 Å². The molecule has 2 aromatic heterocycles. The van der Waals surface area contributed by atoms with Crippen LogP contribution in [0.5, 0.6) is 0 Å². The van der Waals surface area contributed by atoms with Gasteiger partial charge in [0.25, 0.3) is 0 Å². The predicted molar refractivity (Wildman–Crippen MR) is 271 cm³/mol. The fourth-order valence-electron chi connectivity index (χ4n) is 19.3. The number of aromatic nitrogens is 4. The van der Waals surface area contributed by atoms with Crippen molar-refractivity contribution < 1.29 is 65.0 Å². The number of aromatic amines is 2. The highest BCUT2D eigenvalue weighted by atomic mass is 16.7. The number of nitrogens with two attached hydrogens (primary N) is 1. The second-order valence-electron chi connectivity index (χ2n) is 26.3. The van der Waals surface area contributed by atoms with Crippen LogP contribution in [0.4, 0.5) is 0 Å². The number of nitrogens with one attached hydrogen (secondary N) is 3. The van der Waals surface area contributed by atoms with Crippen LogP contribution in [0.1, 0.15) is 135 Å². The first-order valence-corrected chi connectivity index (χ1v) is 28.0. The molecule has 19 nitrogen and oxygen atoms in total. The third kappa shape index (κ3) is 8.03. The monoisotopic (exact) mass is 1050 g/mol. The normalized spacial score (nSPS) is 47.0. The predicted octanol–water partition coefficient (Wildman–Crippen LogP) is 2.88. The molecule has 0 aromatic carbocycles. The third-order valence-corrected chi connectivity index (χ3v) is 23.3. The van der Waals surface area contributed by atoms with Crippen molar-refractivity contribution >= 4 is 11.9 Å². The number of H-pyrrole nitrogens is 2. The Morgan fingerprint density at radius 3 is 2.21 bits per heavy atom. The van der Waals surface area contributed by atoms with Gasteiger partial charge in [0.2, 0.25) is 5.91 Å². The minimum Gasteiger partial charge on any atom is -0.481 e. The summed E-state index contributed by atoms with van der Waals surface area (Å²) in [5.74, 6) is -4.57. The molecule has 4 heterocycles. The second-order valence-corrected chi connectivity index (χ2v) is 26.3. The first-order chi connectivity index (χ1) is 35.6. The zero-order valence-electron chi connectivity index (χ0n) is 44.5.